The molecule has 3 nitrogen and oxygen atoms in total. The molecule has 0 heterocycles. The molecule has 0 rings (SSSR count). The summed E-state index contributed by atoms with van der Waals surface area (Å²) < 4.78 is 70.3. The predicted octanol–water partition coefficient (Wildman–Crippen LogP) is 0.978. The van der Waals surface area contributed by atoms with Gasteiger partial charge in [0, 0.05) is 0 Å². The summed E-state index contributed by atoms with van der Waals surface area (Å²) in [5, 5.41) is 9.59. The molecule has 0 fully saturated rings. The summed E-state index contributed by atoms with van der Waals surface area (Å²) in [6.45, 7) is -1.31. The molecule has 1 unspecified atom stereocenters. The first-order valence-corrected chi connectivity index (χ1v) is 3.52. The normalized spacial score (nSPS) is 17.1. The second-order valence-electron chi connectivity index (χ2n) is 2.95. The summed E-state index contributed by atoms with van der Waals surface area (Å²) in [5.41, 5.74) is -3.39. The Bertz CT molecular complexity index is 243. The summed E-state index contributed by atoms with van der Waals surface area (Å²) in [5.74, 6) is -2.54. The number of hydrogen-bond donors (Lipinski definition) is 2. The predicted molar refractivity (Wildman–Crippen MR) is 35.7 cm³/mol. The lowest BCUT2D eigenvalue weighted by molar-refractivity contribution is -0.251. The number of rotatable bonds is 2. The van der Waals surface area contributed by atoms with Crippen LogP contribution in [-0.4, -0.2) is 35.5 Å². The largest absolute Gasteiger partial charge is 0.471 e. The van der Waals surface area contributed by atoms with Crippen LogP contribution in [-0.2, 0) is 4.79 Å². The fourth-order valence-corrected chi connectivity index (χ4v) is 0.453. The van der Waals surface area contributed by atoms with Gasteiger partial charge in [-0.25, -0.2) is 0 Å². The molecule has 0 aliphatic carbocycles. The molecule has 0 radical (unpaired) electrons. The Morgan fingerprint density at radius 1 is 1.20 bits per heavy atom. The average Bonchev–Trinajstić information content (AvgIpc) is 1.96. The van der Waals surface area contributed by atoms with Gasteiger partial charge in [0.1, 0.15) is 0 Å². The number of hydrogen-bond acceptors (Lipinski definition) is 2. The van der Waals surface area contributed by atoms with E-state index in [-0.39, 0.29) is 6.92 Å². The van der Waals surface area contributed by atoms with Crippen molar-refractivity contribution in [3.63, 3.8) is 0 Å². The minimum absolute atomic E-state index is 0.254. The number of amides is 1. The van der Waals surface area contributed by atoms with Crippen LogP contribution in [0.3, 0.4) is 0 Å². The zero-order valence-corrected chi connectivity index (χ0v) is 7.33. The van der Waals surface area contributed by atoms with Gasteiger partial charge >= 0.3 is 18.3 Å². The molecule has 0 spiro atoms. The molecule has 1 amide bonds. The highest BCUT2D eigenvalue weighted by atomic mass is 19.4. The van der Waals surface area contributed by atoms with Crippen LogP contribution in [0, 0.1) is 0 Å². The molecule has 15 heavy (non-hydrogen) atoms. The molecule has 0 aliphatic rings. The standard InChI is InChI=1S/C6H7F6NO2/c1-4(15,6(10,11)12)2-13-3(14)5(7,8)9/h15H,2H2,1H3,(H,13,14). The Morgan fingerprint density at radius 2 is 1.60 bits per heavy atom. The van der Waals surface area contributed by atoms with Gasteiger partial charge in [-0.3, -0.25) is 4.79 Å². The van der Waals surface area contributed by atoms with Gasteiger partial charge < -0.3 is 10.4 Å². The number of halogens is 6. The van der Waals surface area contributed by atoms with Gasteiger partial charge in [-0.05, 0) is 6.92 Å². The maximum atomic E-state index is 11.9. The van der Waals surface area contributed by atoms with Gasteiger partial charge in [0.05, 0.1) is 6.54 Å². The van der Waals surface area contributed by atoms with Crippen molar-refractivity contribution in [1.29, 1.82) is 0 Å². The second-order valence-corrected chi connectivity index (χ2v) is 2.95. The number of nitrogens with one attached hydrogen (secondary N) is 1. The molecule has 0 saturated carbocycles. The van der Waals surface area contributed by atoms with Crippen molar-refractivity contribution >= 4 is 5.91 Å². The number of carbonyl (C=O) groups is 1. The lowest BCUT2D eigenvalue weighted by Crippen LogP contribution is -2.53. The van der Waals surface area contributed by atoms with Crippen molar-refractivity contribution in [2.24, 2.45) is 0 Å². The zero-order valence-electron chi connectivity index (χ0n) is 7.33. The van der Waals surface area contributed by atoms with Crippen LogP contribution in [0.4, 0.5) is 26.3 Å². The van der Waals surface area contributed by atoms with Crippen molar-refractivity contribution in [3.8, 4) is 0 Å². The molecular formula is C6H7F6NO2. The monoisotopic (exact) mass is 239 g/mol. The van der Waals surface area contributed by atoms with E-state index in [0.29, 0.717) is 0 Å². The third-order valence-corrected chi connectivity index (χ3v) is 1.46. The minimum Gasteiger partial charge on any atom is -0.379 e. The Morgan fingerprint density at radius 3 is 1.87 bits per heavy atom. The second kappa shape index (κ2) is 3.87. The maximum absolute atomic E-state index is 11.9. The first-order chi connectivity index (χ1) is 6.38. The van der Waals surface area contributed by atoms with E-state index in [2.05, 4.69) is 0 Å². The third kappa shape index (κ3) is 3.94. The van der Waals surface area contributed by atoms with Gasteiger partial charge in [0.2, 0.25) is 0 Å². The molecule has 0 aromatic heterocycles. The topological polar surface area (TPSA) is 49.3 Å². The fraction of sp³-hybridized carbons (Fsp3) is 0.833. The summed E-state index contributed by atoms with van der Waals surface area (Å²) in [7, 11) is 0. The van der Waals surface area contributed by atoms with Gasteiger partial charge in [-0.2, -0.15) is 26.3 Å². The van der Waals surface area contributed by atoms with Crippen LogP contribution >= 0.6 is 0 Å². The Hall–Kier alpha value is -0.990. The molecule has 0 saturated heterocycles. The molecule has 1 atom stereocenters. The van der Waals surface area contributed by atoms with E-state index in [4.69, 9.17) is 5.11 Å². The molecular weight excluding hydrogens is 232 g/mol. The third-order valence-electron chi connectivity index (χ3n) is 1.46. The lowest BCUT2D eigenvalue weighted by atomic mass is 10.1. The number of aliphatic hydroxyl groups is 1. The zero-order chi connectivity index (χ0) is 12.5. The highest BCUT2D eigenvalue weighted by Gasteiger charge is 2.51. The van der Waals surface area contributed by atoms with Crippen molar-refractivity contribution in [2.75, 3.05) is 6.54 Å². The molecule has 90 valence electrons. The van der Waals surface area contributed by atoms with E-state index in [1.165, 1.54) is 0 Å². The molecule has 0 aliphatic heterocycles. The Kier molecular flexibility index (Phi) is 3.62. The SMILES string of the molecule is CC(O)(CNC(=O)C(F)(F)F)C(F)(F)F. The van der Waals surface area contributed by atoms with E-state index in [9.17, 15) is 31.1 Å². The summed E-state index contributed by atoms with van der Waals surface area (Å²) in [6.07, 6.45) is -10.4. The highest BCUT2D eigenvalue weighted by molar-refractivity contribution is 5.81. The average molecular weight is 239 g/mol. The quantitative estimate of drug-likeness (QED) is 0.705. The first-order valence-electron chi connectivity index (χ1n) is 3.52. The van der Waals surface area contributed by atoms with Gasteiger partial charge in [-0.15, -0.1) is 0 Å². The summed E-state index contributed by atoms with van der Waals surface area (Å²) in [4.78, 5) is 10.1. The van der Waals surface area contributed by atoms with Crippen LogP contribution in [0.15, 0.2) is 0 Å². The van der Waals surface area contributed by atoms with E-state index in [0.717, 1.165) is 5.32 Å². The van der Waals surface area contributed by atoms with Crippen LogP contribution in [0.5, 0.6) is 0 Å². The Labute approximate surface area is 80.1 Å². The molecule has 2 N–H and O–H groups in total. The summed E-state index contributed by atoms with van der Waals surface area (Å²) >= 11 is 0. The Balaban J connectivity index is 4.36. The number of alkyl halides is 6. The van der Waals surface area contributed by atoms with Gasteiger partial charge in [0.25, 0.3) is 0 Å². The van der Waals surface area contributed by atoms with E-state index in [1.54, 1.807) is 0 Å². The smallest absolute Gasteiger partial charge is 0.379 e. The van der Waals surface area contributed by atoms with E-state index >= 15 is 0 Å². The molecule has 0 bridgehead atoms. The van der Waals surface area contributed by atoms with Crippen LogP contribution in [0.25, 0.3) is 0 Å². The lowest BCUT2D eigenvalue weighted by Gasteiger charge is -2.26. The van der Waals surface area contributed by atoms with Crippen molar-refractivity contribution < 1.29 is 36.2 Å². The number of carbonyl (C=O) groups excluding carboxylic acids is 1. The molecule has 9 heteroatoms. The van der Waals surface area contributed by atoms with Crippen LogP contribution in [0.1, 0.15) is 6.92 Å². The highest BCUT2D eigenvalue weighted by Crippen LogP contribution is 2.29. The summed E-state index contributed by atoms with van der Waals surface area (Å²) in [6, 6.07) is 0. The maximum Gasteiger partial charge on any atom is 0.471 e. The van der Waals surface area contributed by atoms with Gasteiger partial charge in [-0.1, -0.05) is 0 Å². The molecule has 0 aromatic carbocycles. The van der Waals surface area contributed by atoms with Crippen LogP contribution in [0.2, 0.25) is 0 Å². The van der Waals surface area contributed by atoms with Crippen molar-refractivity contribution in [2.45, 2.75) is 24.9 Å². The van der Waals surface area contributed by atoms with E-state index < -0.39 is 30.4 Å². The molecule has 0 aromatic rings. The van der Waals surface area contributed by atoms with Crippen molar-refractivity contribution in [3.05, 3.63) is 0 Å². The minimum atomic E-state index is -5.28. The van der Waals surface area contributed by atoms with Crippen LogP contribution < -0.4 is 5.32 Å². The fourth-order valence-electron chi connectivity index (χ4n) is 0.453. The van der Waals surface area contributed by atoms with E-state index in [1.807, 2.05) is 0 Å². The van der Waals surface area contributed by atoms with Crippen molar-refractivity contribution in [1.82, 2.24) is 5.32 Å². The van der Waals surface area contributed by atoms with Gasteiger partial charge in [0.15, 0.2) is 5.60 Å². The first kappa shape index (κ1) is 14.0.